The molecule has 15 N–H and O–H groups in total. The van der Waals surface area contributed by atoms with E-state index in [-0.39, 0.29) is 98.1 Å². The average molecular weight is 2150 g/mol. The largest absolute Gasteiger partial charge is 0.493 e. The van der Waals surface area contributed by atoms with Crippen LogP contribution in [0.4, 0.5) is 4.39 Å². The lowest BCUT2D eigenvalue weighted by Gasteiger charge is -2.38. The molecule has 10 saturated heterocycles. The molecule has 0 unspecified atom stereocenters. The van der Waals surface area contributed by atoms with Gasteiger partial charge in [-0.1, -0.05) is 163 Å². The zero-order valence-corrected chi connectivity index (χ0v) is 85.5. The summed E-state index contributed by atoms with van der Waals surface area (Å²) in [5.41, 5.74) is 2.84. The van der Waals surface area contributed by atoms with E-state index in [1.54, 1.807) is 105 Å². The third-order valence-corrected chi connectivity index (χ3v) is 29.9. The van der Waals surface area contributed by atoms with E-state index in [4.69, 9.17) is 69.0 Å². The van der Waals surface area contributed by atoms with Crippen molar-refractivity contribution in [1.82, 2.24) is 102 Å². The van der Waals surface area contributed by atoms with E-state index < -0.39 is 122 Å². The van der Waals surface area contributed by atoms with Crippen molar-refractivity contribution in [2.24, 2.45) is 25.0 Å². The monoisotopic (exact) mass is 2150 g/mol. The molecule has 10 aromatic rings. The minimum absolute atomic E-state index is 0.0545. The van der Waals surface area contributed by atoms with Crippen LogP contribution >= 0.6 is 70.4 Å². The van der Waals surface area contributed by atoms with Gasteiger partial charge in [-0.25, -0.2) is 27.8 Å². The first-order chi connectivity index (χ1) is 71.3. The first-order valence-corrected chi connectivity index (χ1v) is 52.3. The Kier molecular flexibility index (Phi) is 38.3. The quantitative estimate of drug-likeness (QED) is 0.0297. The summed E-state index contributed by atoms with van der Waals surface area (Å²) in [5, 5.41) is 174. The van der Waals surface area contributed by atoms with Crippen molar-refractivity contribution in [3.05, 3.63) is 203 Å². The number of aliphatic hydroxyl groups excluding tert-OH is 10. The lowest BCUT2D eigenvalue weighted by Crippen LogP contribution is -2.59. The van der Waals surface area contributed by atoms with Gasteiger partial charge in [-0.15, -0.1) is 25.5 Å². The van der Waals surface area contributed by atoms with Crippen LogP contribution < -0.4 is 55.0 Å². The Morgan fingerprint density at radius 1 is 0.347 bits per heavy atom. The highest BCUT2D eigenvalue weighted by molar-refractivity contribution is 8.15. The van der Waals surface area contributed by atoms with Crippen molar-refractivity contribution in [2.45, 2.75) is 256 Å². The summed E-state index contributed by atoms with van der Waals surface area (Å²) in [5.74, 6) is 2.79. The molecule has 20 rings (SSSR count). The fraction of sp³-hybridized carbons (Fsp3) is 0.505. The second-order valence-electron chi connectivity index (χ2n) is 34.4. The van der Waals surface area contributed by atoms with Crippen LogP contribution in [-0.4, -0.2) is 341 Å². The number of aliphatic imine (C=N–C) groups is 5. The predicted octanol–water partition coefficient (Wildman–Crippen LogP) is 2.90. The maximum absolute atomic E-state index is 13.6. The van der Waals surface area contributed by atoms with Crippen molar-refractivity contribution in [3.63, 3.8) is 0 Å². The zero-order chi connectivity index (χ0) is 103. The third kappa shape index (κ3) is 27.7. The van der Waals surface area contributed by atoms with Gasteiger partial charge in [0, 0.05) is 32.7 Å². The van der Waals surface area contributed by atoms with E-state index in [1.165, 1.54) is 75.6 Å². The Labute approximate surface area is 869 Å². The molecular formula is C93H116ClFN26O21S5. The van der Waals surface area contributed by atoms with Gasteiger partial charge in [-0.3, -0.25) is 25.0 Å². The summed E-state index contributed by atoms with van der Waals surface area (Å²) in [6.45, 7) is 16.9. The van der Waals surface area contributed by atoms with Crippen LogP contribution in [0.5, 0.6) is 34.5 Å². The van der Waals surface area contributed by atoms with Crippen LogP contribution in [0.3, 0.4) is 0 Å². The highest BCUT2D eigenvalue weighted by atomic mass is 35.5. The maximum atomic E-state index is 13.6. The minimum atomic E-state index is -1.09. The van der Waals surface area contributed by atoms with Crippen molar-refractivity contribution in [3.8, 4) is 40.6 Å². The number of hydrogen-bond donors (Lipinski definition) is 15. The molecular weight excluding hydrogens is 2030 g/mol. The molecule has 5 aromatic heterocycles. The summed E-state index contributed by atoms with van der Waals surface area (Å²) in [6, 6.07) is 35.5. The molecule has 0 amide bonds. The summed E-state index contributed by atoms with van der Waals surface area (Å²) in [6.07, 6.45) is -4.83. The fourth-order valence-corrected chi connectivity index (χ4v) is 22.9. The Bertz CT molecular complexity index is 5840. The number of ether oxygens (including phenoxy) is 11. The number of methoxy groups -OCH3 is 1. The molecule has 788 valence electrons. The zero-order valence-electron chi connectivity index (χ0n) is 80.6. The number of hydrogen-bond acceptors (Lipinski definition) is 42. The number of halogens is 2. The first kappa shape index (κ1) is 109. The molecule has 0 aliphatic carbocycles. The average Bonchev–Trinajstić information content (AvgIpc) is 1.66. The summed E-state index contributed by atoms with van der Waals surface area (Å²) >= 11 is 13.2. The van der Waals surface area contributed by atoms with Crippen LogP contribution in [0.1, 0.15) is 74.2 Å². The number of thioether (sulfide) groups is 5. The number of benzene rings is 5. The molecule has 0 saturated carbocycles. The molecule has 54 heteroatoms. The lowest BCUT2D eigenvalue weighted by molar-refractivity contribution is -0.160. The van der Waals surface area contributed by atoms with Crippen LogP contribution in [0.25, 0.3) is 0 Å². The highest BCUT2D eigenvalue weighted by Crippen LogP contribution is 2.41. The molecule has 10 aliphatic rings. The third-order valence-electron chi connectivity index (χ3n) is 24.1. The second kappa shape index (κ2) is 51.8. The van der Waals surface area contributed by atoms with Crippen molar-refractivity contribution in [1.29, 1.82) is 5.26 Å². The number of nitrogens with one attached hydrogen (secondary N) is 5. The van der Waals surface area contributed by atoms with E-state index in [1.807, 2.05) is 102 Å². The number of aliphatic hydroxyl groups is 10. The predicted molar refractivity (Wildman–Crippen MR) is 541 cm³/mol. The highest BCUT2D eigenvalue weighted by Gasteiger charge is 2.55. The Balaban J connectivity index is 0.000000131. The Hall–Kier alpha value is -11.2. The van der Waals surface area contributed by atoms with E-state index >= 15 is 0 Å². The molecule has 0 spiro atoms. The van der Waals surface area contributed by atoms with Crippen LogP contribution in [0.15, 0.2) is 177 Å². The summed E-state index contributed by atoms with van der Waals surface area (Å²) in [7, 11) is 1.59. The molecule has 10 fully saturated rings. The van der Waals surface area contributed by atoms with Gasteiger partial charge in [-0.2, -0.15) is 5.26 Å². The van der Waals surface area contributed by atoms with Crippen molar-refractivity contribution < 1.29 is 108 Å². The van der Waals surface area contributed by atoms with Gasteiger partial charge in [-0.05, 0) is 102 Å². The normalized spacial score (nSPS) is 29.9. The molecule has 0 bridgehead atoms. The first-order valence-electron chi connectivity index (χ1n) is 47.5. The van der Waals surface area contributed by atoms with Crippen LogP contribution in [-0.2, 0) is 89.4 Å². The number of aromatic nitrogens is 15. The van der Waals surface area contributed by atoms with Gasteiger partial charge in [0.2, 0.25) is 0 Å². The van der Waals surface area contributed by atoms with E-state index in [0.29, 0.717) is 117 Å². The van der Waals surface area contributed by atoms with E-state index in [2.05, 4.69) is 109 Å². The molecule has 0 radical (unpaired) electrons. The minimum Gasteiger partial charge on any atom is -0.493 e. The molecule has 10 aliphatic heterocycles. The number of fused-ring (bicyclic) bond motifs is 5. The Morgan fingerprint density at radius 3 is 0.898 bits per heavy atom. The molecule has 47 nitrogen and oxygen atoms in total. The number of rotatable bonds is 31. The lowest BCUT2D eigenvalue weighted by atomic mass is 9.98. The van der Waals surface area contributed by atoms with Crippen LogP contribution in [0.2, 0.25) is 5.02 Å². The number of nitrogens with zero attached hydrogens (tertiary/aromatic N) is 21. The number of amidine groups is 5. The van der Waals surface area contributed by atoms with Gasteiger partial charge >= 0.3 is 0 Å². The van der Waals surface area contributed by atoms with Gasteiger partial charge in [0.25, 0.3) is 0 Å². The molecule has 147 heavy (non-hydrogen) atoms. The van der Waals surface area contributed by atoms with Gasteiger partial charge in [0.15, 0.2) is 48.9 Å². The second-order valence-corrected chi connectivity index (χ2v) is 40.3. The topological polar surface area (TPSA) is 603 Å². The molecule has 5 aromatic carbocycles. The number of nitriles is 1. The van der Waals surface area contributed by atoms with Gasteiger partial charge < -0.3 is 130 Å². The van der Waals surface area contributed by atoms with Gasteiger partial charge in [0.05, 0.1) is 112 Å². The maximum Gasteiger partial charge on any atom is 0.165 e. The van der Waals surface area contributed by atoms with Gasteiger partial charge in [0.1, 0.15) is 204 Å². The number of para-hydroxylation sites is 6. The SMILES string of the molecule is CCN=C1N[C@@H]2[C@@H](O)[C@H](O)[C@@H](Cn3cc(COc4ccccc4C#N)nn3)O[C@@H]2S1.CCN=C1N[C@@H]2[C@@H](O)[C@H](O)[C@@H](Cn3cc(COc4ccccc4C)nn3)O[C@@H]2S1.CCN=C1N[C@@H]2[C@@H](O)[C@H](O)[C@@H](Cn3cc(COc4ccccc4Cl)nn3)O[C@@H]2S1.CCN=C1N[C@@H]2[C@@H](O)[C@H](O)[C@@H](Cn3cc(COc4ccccc4F)nn3)O[C@@H]2S1.CCN=C1N[C@@H]2[C@@H](O)[C@H](O)[C@@H](Cn3cc(COc4ccccc4OC)nn3)O[C@@H]2S1. The Morgan fingerprint density at radius 2 is 0.599 bits per heavy atom. The number of aryl methyl sites for hydroxylation is 1. The molecule has 15 heterocycles. The van der Waals surface area contributed by atoms with E-state index in [9.17, 15) is 55.5 Å². The summed E-state index contributed by atoms with van der Waals surface area (Å²) < 4.78 is 85.0. The van der Waals surface area contributed by atoms with Crippen molar-refractivity contribution >= 4 is 96.2 Å². The smallest absolute Gasteiger partial charge is 0.165 e. The standard InChI is InChI=1S/C19H22N6O4S.C19H25N5O5S.C19H25N5O4S.C18H22ClN5O4S.C18H22FN5O4S/c1-2-21-19-22-15-17(27)16(26)14(29-18(15)30-19)9-25-8-12(23-24-25)10-28-13-6-4-3-5-11(13)7-20;1-3-20-19-21-15-17(26)16(25)14(29-18(15)30-19)9-24-8-11(22-23-24)10-28-13-7-5-4-6-12(13)27-2;1-3-20-19-21-15-17(26)16(25)14(28-18(15)29-19)9-24-8-12(22-23-24)10-27-13-7-5-4-6-11(13)2;2*1-2-20-18-21-14-16(26)15(25)13(28-17(14)29-18)8-24-7-10(22-23-24)9-27-12-6-4-3-5-11(12)19/h3-6,8,14-18,26-27H,2,9-10H2,1H3,(H,21,22);4-8,14-18,25-26H,3,9-10H2,1-2H3,(H,20,21);4-8,14-18,25-26H,3,9-10H2,1-2H3,(H,20,21);2*3-7,13-17,25-26H,2,8-9H2,1H3,(H,20,21)/t3*14-,15-,16-,17-,18-;2*13-,14-,15-,16-,17-/m11111/s1. The van der Waals surface area contributed by atoms with Crippen LogP contribution in [0, 0.1) is 24.1 Å². The fourth-order valence-electron chi connectivity index (χ4n) is 16.7. The van der Waals surface area contributed by atoms with Crippen molar-refractivity contribution in [2.75, 3.05) is 39.8 Å². The summed E-state index contributed by atoms with van der Waals surface area (Å²) in [4.78, 5) is 21.6. The van der Waals surface area contributed by atoms with E-state index in [0.717, 1.165) is 21.6 Å². The molecule has 25 atom stereocenters.